The largest absolute Gasteiger partial charge is 0.378 e. The van der Waals surface area contributed by atoms with Gasteiger partial charge in [0.05, 0.1) is 6.42 Å². The second kappa shape index (κ2) is 4.99. The fraction of sp³-hybridized carbons (Fsp3) is 0.583. The van der Waals surface area contributed by atoms with Crippen LogP contribution in [0, 0.1) is 11.8 Å². The number of hydrogen-bond donors (Lipinski definition) is 1. The standard InChI is InChI=1S/C12H18N2O/c1-4-9-14-10-8-13-11(14)6-5-7-12(2,3)15/h8,10,15H,4,6,9H2,1-3H3. The summed E-state index contributed by atoms with van der Waals surface area (Å²) >= 11 is 0. The summed E-state index contributed by atoms with van der Waals surface area (Å²) in [6.07, 6.45) is 5.43. The molecule has 82 valence electrons. The summed E-state index contributed by atoms with van der Waals surface area (Å²) in [4.78, 5) is 4.23. The maximum absolute atomic E-state index is 9.42. The van der Waals surface area contributed by atoms with Crippen molar-refractivity contribution in [2.75, 3.05) is 0 Å². The van der Waals surface area contributed by atoms with Crippen molar-refractivity contribution < 1.29 is 5.11 Å². The number of hydrogen-bond acceptors (Lipinski definition) is 2. The summed E-state index contributed by atoms with van der Waals surface area (Å²) in [6, 6.07) is 0. The molecule has 0 atom stereocenters. The second-order valence-corrected chi connectivity index (χ2v) is 4.07. The van der Waals surface area contributed by atoms with Gasteiger partial charge >= 0.3 is 0 Å². The molecule has 0 unspecified atom stereocenters. The number of rotatable bonds is 3. The molecule has 3 nitrogen and oxygen atoms in total. The highest BCUT2D eigenvalue weighted by molar-refractivity contribution is 5.14. The van der Waals surface area contributed by atoms with Gasteiger partial charge < -0.3 is 9.67 Å². The Hall–Kier alpha value is -1.27. The summed E-state index contributed by atoms with van der Waals surface area (Å²) in [6.45, 7) is 6.46. The second-order valence-electron chi connectivity index (χ2n) is 4.07. The molecule has 1 N–H and O–H groups in total. The average Bonchev–Trinajstić information content (AvgIpc) is 2.51. The van der Waals surface area contributed by atoms with Crippen LogP contribution in [0.15, 0.2) is 12.4 Å². The van der Waals surface area contributed by atoms with Crippen LogP contribution in [0.4, 0.5) is 0 Å². The van der Waals surface area contributed by atoms with Gasteiger partial charge in [-0.2, -0.15) is 0 Å². The lowest BCUT2D eigenvalue weighted by Crippen LogP contribution is -2.14. The number of aliphatic hydroxyl groups is 1. The van der Waals surface area contributed by atoms with Gasteiger partial charge in [-0.05, 0) is 20.3 Å². The first kappa shape index (κ1) is 11.8. The van der Waals surface area contributed by atoms with E-state index in [0.717, 1.165) is 18.8 Å². The van der Waals surface area contributed by atoms with E-state index in [4.69, 9.17) is 0 Å². The fourth-order valence-corrected chi connectivity index (χ4v) is 1.29. The third-order valence-electron chi connectivity index (χ3n) is 1.91. The van der Waals surface area contributed by atoms with Gasteiger partial charge in [0, 0.05) is 18.9 Å². The number of aromatic nitrogens is 2. The minimum Gasteiger partial charge on any atom is -0.378 e. The zero-order valence-corrected chi connectivity index (χ0v) is 9.62. The molecule has 0 radical (unpaired) electrons. The Labute approximate surface area is 91.1 Å². The Kier molecular flexibility index (Phi) is 3.93. The van der Waals surface area contributed by atoms with Gasteiger partial charge in [-0.1, -0.05) is 18.8 Å². The summed E-state index contributed by atoms with van der Waals surface area (Å²) in [7, 11) is 0. The average molecular weight is 206 g/mol. The molecule has 0 aromatic carbocycles. The van der Waals surface area contributed by atoms with Crippen molar-refractivity contribution >= 4 is 0 Å². The van der Waals surface area contributed by atoms with Crippen molar-refractivity contribution in [2.24, 2.45) is 0 Å². The Bertz CT molecular complexity index is 363. The van der Waals surface area contributed by atoms with E-state index in [1.165, 1.54) is 0 Å². The van der Waals surface area contributed by atoms with Crippen molar-refractivity contribution in [3.63, 3.8) is 0 Å². The first-order valence-electron chi connectivity index (χ1n) is 5.25. The number of imidazole rings is 1. The summed E-state index contributed by atoms with van der Waals surface area (Å²) < 4.78 is 2.10. The van der Waals surface area contributed by atoms with Crippen LogP contribution in [-0.2, 0) is 13.0 Å². The monoisotopic (exact) mass is 206 g/mol. The Balaban J connectivity index is 2.63. The molecular formula is C12H18N2O. The van der Waals surface area contributed by atoms with Crippen molar-refractivity contribution in [1.82, 2.24) is 9.55 Å². The molecule has 3 heteroatoms. The molecule has 0 bridgehead atoms. The molecule has 1 rings (SSSR count). The van der Waals surface area contributed by atoms with Crippen LogP contribution in [0.5, 0.6) is 0 Å². The Morgan fingerprint density at radius 1 is 1.53 bits per heavy atom. The topological polar surface area (TPSA) is 38.0 Å². The van der Waals surface area contributed by atoms with Crippen LogP contribution >= 0.6 is 0 Å². The van der Waals surface area contributed by atoms with E-state index in [1.54, 1.807) is 20.0 Å². The molecule has 0 amide bonds. The van der Waals surface area contributed by atoms with E-state index in [-0.39, 0.29) is 0 Å². The van der Waals surface area contributed by atoms with Crippen molar-refractivity contribution in [1.29, 1.82) is 0 Å². The predicted octanol–water partition coefficient (Wildman–Crippen LogP) is 1.61. The molecule has 0 aliphatic rings. The lowest BCUT2D eigenvalue weighted by atomic mass is 10.1. The smallest absolute Gasteiger partial charge is 0.120 e. The Morgan fingerprint density at radius 2 is 2.27 bits per heavy atom. The van der Waals surface area contributed by atoms with E-state index >= 15 is 0 Å². The van der Waals surface area contributed by atoms with Crippen LogP contribution in [-0.4, -0.2) is 20.3 Å². The molecule has 0 fully saturated rings. The van der Waals surface area contributed by atoms with Gasteiger partial charge in [-0.15, -0.1) is 0 Å². The van der Waals surface area contributed by atoms with E-state index in [2.05, 4.69) is 28.3 Å². The quantitative estimate of drug-likeness (QED) is 0.763. The van der Waals surface area contributed by atoms with E-state index in [0.29, 0.717) is 6.42 Å². The molecule has 0 aliphatic heterocycles. The summed E-state index contributed by atoms with van der Waals surface area (Å²) in [5, 5.41) is 9.42. The number of aryl methyl sites for hydroxylation is 1. The lowest BCUT2D eigenvalue weighted by Gasteiger charge is -2.06. The Morgan fingerprint density at radius 3 is 2.87 bits per heavy atom. The highest BCUT2D eigenvalue weighted by atomic mass is 16.3. The third kappa shape index (κ3) is 4.18. The summed E-state index contributed by atoms with van der Waals surface area (Å²) in [5.74, 6) is 6.69. The fourth-order valence-electron chi connectivity index (χ4n) is 1.29. The van der Waals surface area contributed by atoms with E-state index < -0.39 is 5.60 Å². The van der Waals surface area contributed by atoms with Crippen LogP contribution in [0.1, 0.15) is 33.0 Å². The van der Waals surface area contributed by atoms with Crippen LogP contribution in [0.3, 0.4) is 0 Å². The van der Waals surface area contributed by atoms with E-state index in [9.17, 15) is 5.11 Å². The first-order valence-corrected chi connectivity index (χ1v) is 5.25. The molecule has 0 aliphatic carbocycles. The molecular weight excluding hydrogens is 188 g/mol. The zero-order chi connectivity index (χ0) is 11.3. The van der Waals surface area contributed by atoms with Crippen LogP contribution < -0.4 is 0 Å². The van der Waals surface area contributed by atoms with Crippen molar-refractivity contribution in [3.8, 4) is 11.8 Å². The maximum atomic E-state index is 9.42. The summed E-state index contributed by atoms with van der Waals surface area (Å²) in [5.41, 5.74) is -0.915. The van der Waals surface area contributed by atoms with Gasteiger partial charge in [0.1, 0.15) is 11.4 Å². The van der Waals surface area contributed by atoms with Gasteiger partial charge in [-0.25, -0.2) is 4.98 Å². The van der Waals surface area contributed by atoms with Crippen LogP contribution in [0.2, 0.25) is 0 Å². The molecule has 15 heavy (non-hydrogen) atoms. The normalized spacial score (nSPS) is 10.9. The van der Waals surface area contributed by atoms with Crippen LogP contribution in [0.25, 0.3) is 0 Å². The molecule has 1 aromatic rings. The highest BCUT2D eigenvalue weighted by Crippen LogP contribution is 2.01. The predicted molar refractivity (Wildman–Crippen MR) is 60.3 cm³/mol. The van der Waals surface area contributed by atoms with Gasteiger partial charge in [0.2, 0.25) is 0 Å². The molecule has 0 saturated carbocycles. The van der Waals surface area contributed by atoms with Crippen molar-refractivity contribution in [3.05, 3.63) is 18.2 Å². The van der Waals surface area contributed by atoms with Gasteiger partial charge in [-0.3, -0.25) is 0 Å². The molecule has 0 spiro atoms. The van der Waals surface area contributed by atoms with Gasteiger partial charge in [0.15, 0.2) is 0 Å². The molecule has 1 aromatic heterocycles. The molecule has 0 saturated heterocycles. The maximum Gasteiger partial charge on any atom is 0.120 e. The highest BCUT2D eigenvalue weighted by Gasteiger charge is 2.06. The first-order chi connectivity index (χ1) is 7.03. The van der Waals surface area contributed by atoms with Gasteiger partial charge in [0.25, 0.3) is 0 Å². The van der Waals surface area contributed by atoms with Crippen molar-refractivity contribution in [2.45, 2.75) is 45.8 Å². The van der Waals surface area contributed by atoms with E-state index in [1.807, 2.05) is 6.20 Å². The lowest BCUT2D eigenvalue weighted by molar-refractivity contribution is 0.143. The SMILES string of the molecule is CCCn1ccnc1CC#CC(C)(C)O. The minimum absolute atomic E-state index is 0.594. The minimum atomic E-state index is -0.915. The molecule has 1 heterocycles. The number of nitrogens with zero attached hydrogens (tertiary/aromatic N) is 2. The third-order valence-corrected chi connectivity index (χ3v) is 1.91. The zero-order valence-electron chi connectivity index (χ0n) is 9.62.